The van der Waals surface area contributed by atoms with Gasteiger partial charge in [-0.05, 0) is 24.1 Å². The maximum atomic E-state index is 11.7. The topological polar surface area (TPSA) is 112 Å². The van der Waals surface area contributed by atoms with Gasteiger partial charge in [0.15, 0.2) is 0 Å². The Balaban J connectivity index is 0.000000256. The monoisotopic (exact) mass is 344 g/mol. The van der Waals surface area contributed by atoms with E-state index >= 15 is 0 Å². The lowest BCUT2D eigenvalue weighted by Crippen LogP contribution is -2.33. The first-order valence-electron chi connectivity index (χ1n) is 6.95. The van der Waals surface area contributed by atoms with Crippen LogP contribution >= 0.6 is 0 Å². The van der Waals surface area contributed by atoms with E-state index in [-0.39, 0.29) is 11.9 Å². The number of halogens is 3. The Morgan fingerprint density at radius 2 is 2.12 bits per heavy atom. The van der Waals surface area contributed by atoms with Crippen LogP contribution in [0.15, 0.2) is 24.5 Å². The van der Waals surface area contributed by atoms with Gasteiger partial charge in [-0.25, -0.2) is 9.78 Å². The van der Waals surface area contributed by atoms with Gasteiger partial charge in [0.05, 0.1) is 23.4 Å². The molecule has 1 fully saturated rings. The minimum absolute atomic E-state index is 0.0507. The van der Waals surface area contributed by atoms with Crippen molar-refractivity contribution in [3.05, 3.63) is 30.1 Å². The van der Waals surface area contributed by atoms with Crippen molar-refractivity contribution in [3.63, 3.8) is 0 Å². The molecule has 0 aliphatic carbocycles. The van der Waals surface area contributed by atoms with Crippen molar-refractivity contribution in [2.75, 3.05) is 6.54 Å². The number of aliphatic carboxylic acids is 1. The number of nitrogens with zero attached hydrogens (tertiary/aromatic N) is 2. The number of aromatic nitrogens is 2. The van der Waals surface area contributed by atoms with Crippen LogP contribution in [0.3, 0.4) is 0 Å². The first kappa shape index (κ1) is 17.7. The molecule has 1 aromatic heterocycles. The number of rotatable bonds is 2. The summed E-state index contributed by atoms with van der Waals surface area (Å²) < 4.78 is 31.7. The molecule has 2 heterocycles. The van der Waals surface area contributed by atoms with Crippen LogP contribution in [0.5, 0.6) is 0 Å². The van der Waals surface area contributed by atoms with Gasteiger partial charge in [-0.2, -0.15) is 13.2 Å². The lowest BCUT2D eigenvalue weighted by molar-refractivity contribution is -0.192. The minimum Gasteiger partial charge on any atom is -0.475 e. The number of likely N-dealkylation sites (tertiary alicyclic amines) is 1. The molecule has 1 aromatic carbocycles. The smallest absolute Gasteiger partial charge is 0.475 e. The van der Waals surface area contributed by atoms with Crippen LogP contribution in [0.25, 0.3) is 11.0 Å². The molecule has 1 aliphatic heterocycles. The van der Waals surface area contributed by atoms with Crippen LogP contribution in [0.4, 0.5) is 13.2 Å². The molecule has 2 aromatic rings. The van der Waals surface area contributed by atoms with Crippen LogP contribution in [0.2, 0.25) is 0 Å². The van der Waals surface area contributed by atoms with Crippen LogP contribution in [-0.4, -0.2) is 50.6 Å². The Hall–Kier alpha value is -2.62. The zero-order valence-electron chi connectivity index (χ0n) is 12.4. The highest BCUT2D eigenvalue weighted by Gasteiger charge is 2.38. The number of carboxylic acids is 1. The zero-order valence-corrected chi connectivity index (χ0v) is 12.4. The second kappa shape index (κ2) is 6.87. The predicted molar refractivity (Wildman–Crippen MR) is 77.8 cm³/mol. The first-order valence-corrected chi connectivity index (χ1v) is 6.95. The van der Waals surface area contributed by atoms with Gasteiger partial charge in [-0.1, -0.05) is 6.07 Å². The van der Waals surface area contributed by atoms with Crippen molar-refractivity contribution in [2.45, 2.75) is 25.2 Å². The maximum Gasteiger partial charge on any atom is 0.490 e. The SMILES string of the molecule is N[C@H]1CCN(Cc2ccc3nc[nH]c3c2)C1=O.O=C(O)C(F)(F)F. The van der Waals surface area contributed by atoms with E-state index in [0.717, 1.165) is 29.6 Å². The molecule has 0 saturated carbocycles. The van der Waals surface area contributed by atoms with E-state index in [1.165, 1.54) is 0 Å². The molecule has 1 saturated heterocycles. The van der Waals surface area contributed by atoms with E-state index in [4.69, 9.17) is 15.6 Å². The second-order valence-electron chi connectivity index (χ2n) is 5.21. The molecule has 7 nitrogen and oxygen atoms in total. The number of nitrogens with one attached hydrogen (secondary N) is 1. The highest BCUT2D eigenvalue weighted by atomic mass is 19.4. The van der Waals surface area contributed by atoms with Gasteiger partial charge in [-0.15, -0.1) is 0 Å². The fourth-order valence-electron chi connectivity index (χ4n) is 2.22. The number of alkyl halides is 3. The van der Waals surface area contributed by atoms with Gasteiger partial charge in [0.2, 0.25) is 5.91 Å². The van der Waals surface area contributed by atoms with Gasteiger partial charge < -0.3 is 20.7 Å². The molecule has 1 atom stereocenters. The average molecular weight is 344 g/mol. The zero-order chi connectivity index (χ0) is 17.9. The number of fused-ring (bicyclic) bond motifs is 1. The van der Waals surface area contributed by atoms with Crippen molar-refractivity contribution >= 4 is 22.9 Å². The lowest BCUT2D eigenvalue weighted by Gasteiger charge is -2.15. The van der Waals surface area contributed by atoms with E-state index in [1.54, 1.807) is 6.33 Å². The fraction of sp³-hybridized carbons (Fsp3) is 0.357. The summed E-state index contributed by atoms with van der Waals surface area (Å²) in [7, 11) is 0. The summed E-state index contributed by atoms with van der Waals surface area (Å²) in [6, 6.07) is 5.67. The van der Waals surface area contributed by atoms with Gasteiger partial charge in [0.1, 0.15) is 0 Å². The third kappa shape index (κ3) is 4.22. The Bertz CT molecular complexity index is 744. The summed E-state index contributed by atoms with van der Waals surface area (Å²) in [5, 5.41) is 7.12. The van der Waals surface area contributed by atoms with Crippen molar-refractivity contribution in [3.8, 4) is 0 Å². The Morgan fingerprint density at radius 1 is 1.46 bits per heavy atom. The van der Waals surface area contributed by atoms with Crippen LogP contribution in [0, 0.1) is 0 Å². The molecule has 1 amide bonds. The number of aromatic amines is 1. The highest BCUT2D eigenvalue weighted by molar-refractivity contribution is 5.83. The largest absolute Gasteiger partial charge is 0.490 e. The molecule has 4 N–H and O–H groups in total. The number of carbonyl (C=O) groups is 2. The Labute approximate surface area is 134 Å². The highest BCUT2D eigenvalue weighted by Crippen LogP contribution is 2.17. The molecule has 0 radical (unpaired) electrons. The van der Waals surface area contributed by atoms with Crippen molar-refractivity contribution in [1.82, 2.24) is 14.9 Å². The molecule has 3 rings (SSSR count). The van der Waals surface area contributed by atoms with Crippen LogP contribution < -0.4 is 5.73 Å². The van der Waals surface area contributed by atoms with E-state index in [0.29, 0.717) is 6.54 Å². The van der Waals surface area contributed by atoms with Crippen LogP contribution in [-0.2, 0) is 16.1 Å². The number of hydrogen-bond donors (Lipinski definition) is 3. The fourth-order valence-corrected chi connectivity index (χ4v) is 2.22. The molecule has 24 heavy (non-hydrogen) atoms. The van der Waals surface area contributed by atoms with Gasteiger partial charge in [0.25, 0.3) is 0 Å². The Morgan fingerprint density at radius 3 is 2.67 bits per heavy atom. The normalized spacial score (nSPS) is 17.8. The van der Waals surface area contributed by atoms with E-state index < -0.39 is 12.1 Å². The lowest BCUT2D eigenvalue weighted by atomic mass is 10.2. The molecule has 0 unspecified atom stereocenters. The number of amides is 1. The summed E-state index contributed by atoms with van der Waals surface area (Å²) >= 11 is 0. The summed E-state index contributed by atoms with van der Waals surface area (Å²) in [5.41, 5.74) is 8.73. The third-order valence-corrected chi connectivity index (χ3v) is 3.44. The van der Waals surface area contributed by atoms with Crippen molar-refractivity contribution in [1.29, 1.82) is 0 Å². The maximum absolute atomic E-state index is 11.7. The predicted octanol–water partition coefficient (Wildman–Crippen LogP) is 1.26. The van der Waals surface area contributed by atoms with E-state index in [1.807, 2.05) is 23.1 Å². The molecule has 130 valence electrons. The number of carboxylic acid groups (broad SMARTS) is 1. The van der Waals surface area contributed by atoms with E-state index in [9.17, 15) is 18.0 Å². The molecular formula is C14H15F3N4O3. The summed E-state index contributed by atoms with van der Waals surface area (Å²) in [6.07, 6.45) is -2.66. The number of nitrogens with two attached hydrogens (primary N) is 1. The number of carbonyl (C=O) groups excluding carboxylic acids is 1. The second-order valence-corrected chi connectivity index (χ2v) is 5.21. The standard InChI is InChI=1S/C12H14N4O.C2HF3O2/c13-9-3-4-16(12(9)17)6-8-1-2-10-11(5-8)15-7-14-10;3-2(4,5)1(6)7/h1-2,5,7,9H,3-4,6,13H2,(H,14,15);(H,6,7)/t9-;/m0./s1. The number of hydrogen-bond acceptors (Lipinski definition) is 4. The summed E-state index contributed by atoms with van der Waals surface area (Å²) in [4.78, 5) is 29.6. The summed E-state index contributed by atoms with van der Waals surface area (Å²) in [6.45, 7) is 1.38. The average Bonchev–Trinajstić information content (AvgIpc) is 3.08. The molecule has 1 aliphatic rings. The minimum atomic E-state index is -5.08. The molecule has 0 spiro atoms. The van der Waals surface area contributed by atoms with Gasteiger partial charge >= 0.3 is 12.1 Å². The number of benzene rings is 1. The van der Waals surface area contributed by atoms with Gasteiger partial charge in [-0.3, -0.25) is 4.79 Å². The molecule has 0 bridgehead atoms. The number of H-pyrrole nitrogens is 1. The first-order chi connectivity index (χ1) is 11.2. The summed E-state index contributed by atoms with van der Waals surface area (Å²) in [5.74, 6) is -2.71. The van der Waals surface area contributed by atoms with Crippen molar-refractivity contribution < 1.29 is 27.9 Å². The Kier molecular flexibility index (Phi) is 5.07. The van der Waals surface area contributed by atoms with E-state index in [2.05, 4.69) is 9.97 Å². The van der Waals surface area contributed by atoms with Gasteiger partial charge in [0, 0.05) is 13.1 Å². The molecular weight excluding hydrogens is 329 g/mol. The van der Waals surface area contributed by atoms with Crippen LogP contribution in [0.1, 0.15) is 12.0 Å². The number of imidazole rings is 1. The quantitative estimate of drug-likeness (QED) is 0.759. The van der Waals surface area contributed by atoms with Crippen molar-refractivity contribution in [2.24, 2.45) is 5.73 Å². The third-order valence-electron chi connectivity index (χ3n) is 3.44. The molecule has 10 heteroatoms.